The van der Waals surface area contributed by atoms with Crippen LogP contribution < -0.4 is 0 Å². The maximum Gasteiger partial charge on any atom is 0.136 e. The minimum absolute atomic E-state index is 0.00720. The molecule has 1 aromatic heterocycles. The van der Waals surface area contributed by atoms with Crippen molar-refractivity contribution < 1.29 is 12.6 Å². The molecule has 172 valence electrons. The zero-order valence-electron chi connectivity index (χ0n) is 25.6. The molecule has 0 aliphatic carbocycles. The normalized spacial score (nSPS) is 14.1. The second kappa shape index (κ2) is 7.81. The van der Waals surface area contributed by atoms with Crippen molar-refractivity contribution in [2.24, 2.45) is 0 Å². The fourth-order valence-electron chi connectivity index (χ4n) is 5.64. The Balaban J connectivity index is 1.60. The van der Waals surface area contributed by atoms with E-state index in [1.54, 1.807) is 6.07 Å². The Bertz CT molecular complexity index is 2410. The van der Waals surface area contributed by atoms with Gasteiger partial charge < -0.3 is 4.42 Å². The average molecular weight is 477 g/mol. The van der Waals surface area contributed by atoms with Gasteiger partial charge in [-0.3, -0.25) is 0 Å². The predicted octanol–water partition coefficient (Wildman–Crippen LogP) is 10.4. The van der Waals surface area contributed by atoms with Crippen LogP contribution in [-0.2, 0) is 0 Å². The number of rotatable bonds is 2. The lowest BCUT2D eigenvalue weighted by atomic mass is 9.85. The first-order valence-corrected chi connectivity index (χ1v) is 12.2. The summed E-state index contributed by atoms with van der Waals surface area (Å²) in [5.74, 6) is 0. The van der Waals surface area contributed by atoms with Crippen molar-refractivity contribution in [1.29, 1.82) is 0 Å². The molecule has 8 aromatic rings. The zero-order chi connectivity index (χ0) is 29.6. The van der Waals surface area contributed by atoms with Gasteiger partial charge in [-0.25, -0.2) is 0 Å². The number of furan rings is 1. The van der Waals surface area contributed by atoms with Crippen LogP contribution in [0.25, 0.3) is 76.5 Å². The maximum atomic E-state index is 9.27. The van der Waals surface area contributed by atoms with E-state index in [0.29, 0.717) is 16.4 Å². The van der Waals surface area contributed by atoms with Crippen LogP contribution >= 0.6 is 0 Å². The summed E-state index contributed by atoms with van der Waals surface area (Å²) < 4.78 is 58.0. The van der Waals surface area contributed by atoms with Crippen LogP contribution in [0.1, 0.15) is 8.22 Å². The van der Waals surface area contributed by atoms with Gasteiger partial charge in [0, 0.05) is 10.8 Å². The van der Waals surface area contributed by atoms with Crippen molar-refractivity contribution in [2.45, 2.75) is 0 Å². The summed E-state index contributed by atoms with van der Waals surface area (Å²) in [4.78, 5) is 0. The second-order valence-corrected chi connectivity index (χ2v) is 9.19. The number of benzene rings is 7. The smallest absolute Gasteiger partial charge is 0.136 e. The van der Waals surface area contributed by atoms with Crippen LogP contribution in [0, 0.1) is 0 Å². The van der Waals surface area contributed by atoms with E-state index < -0.39 is 12.1 Å². The molecule has 0 bridgehead atoms. The monoisotopic (exact) mass is 476 g/mol. The number of hydrogen-bond donors (Lipinski definition) is 0. The summed E-state index contributed by atoms with van der Waals surface area (Å²) >= 11 is 0. The molecule has 0 saturated heterocycles. The van der Waals surface area contributed by atoms with E-state index in [1.807, 2.05) is 54.6 Å². The van der Waals surface area contributed by atoms with Gasteiger partial charge in [0.15, 0.2) is 0 Å². The van der Waals surface area contributed by atoms with Gasteiger partial charge in [-0.15, -0.1) is 0 Å². The minimum atomic E-state index is -0.432. The molecule has 0 aliphatic rings. The molecule has 0 fully saturated rings. The van der Waals surface area contributed by atoms with Crippen LogP contribution in [0.4, 0.5) is 0 Å². The van der Waals surface area contributed by atoms with Crippen molar-refractivity contribution in [3.05, 3.63) is 133 Å². The first-order chi connectivity index (χ1) is 20.9. The molecular formula is C36H22O. The Morgan fingerprint density at radius 2 is 1.08 bits per heavy atom. The van der Waals surface area contributed by atoms with Crippen molar-refractivity contribution in [1.82, 2.24) is 0 Å². The number of fused-ring (bicyclic) bond motifs is 6. The molecule has 0 saturated carbocycles. The van der Waals surface area contributed by atoms with Crippen LogP contribution in [0.5, 0.6) is 0 Å². The quantitative estimate of drug-likeness (QED) is 0.226. The van der Waals surface area contributed by atoms with Gasteiger partial charge >= 0.3 is 0 Å². The topological polar surface area (TPSA) is 13.1 Å². The Kier molecular flexibility index (Phi) is 3.23. The molecule has 0 spiro atoms. The molecule has 0 unspecified atom stereocenters. The van der Waals surface area contributed by atoms with E-state index >= 15 is 0 Å². The second-order valence-electron chi connectivity index (χ2n) is 9.19. The molecule has 37 heavy (non-hydrogen) atoms. The van der Waals surface area contributed by atoms with Crippen LogP contribution in [0.15, 0.2) is 138 Å². The molecule has 0 atom stereocenters. The third kappa shape index (κ3) is 2.98. The molecule has 8 rings (SSSR count). The minimum Gasteiger partial charge on any atom is -0.456 e. The van der Waals surface area contributed by atoms with Crippen LogP contribution in [-0.4, -0.2) is 0 Å². The SMILES string of the molecule is [2H]c1c([2H])c([2H])c2c([2H])c3c(oc4cccc(-c5c6ccccc6c(-c6ccccc6)c6ccccc56)c43)c([2H])c2c1[2H]. The Hall–Kier alpha value is -4.88. The zero-order valence-corrected chi connectivity index (χ0v) is 19.6. The first-order valence-electron chi connectivity index (χ1n) is 15.2. The standard InChI is InChI=1S/C36H22O/c1-2-11-23(12-3-1)34-26-15-6-8-17-28(26)35(29-18-9-7-16-27(29)34)30-19-10-20-32-36(30)31-21-24-13-4-5-14-25(24)22-33(31)37-32/h1-22H/i4D,5D,13D,14D,21D,22D. The lowest BCUT2D eigenvalue weighted by Gasteiger charge is -2.18. The molecule has 0 aliphatic heterocycles. The molecule has 1 heterocycles. The van der Waals surface area contributed by atoms with Gasteiger partial charge in [-0.1, -0.05) is 115 Å². The lowest BCUT2D eigenvalue weighted by Crippen LogP contribution is -1.91. The molecule has 0 amide bonds. The van der Waals surface area contributed by atoms with Gasteiger partial charge in [0.05, 0.1) is 8.22 Å². The highest BCUT2D eigenvalue weighted by molar-refractivity contribution is 6.26. The van der Waals surface area contributed by atoms with Gasteiger partial charge in [-0.2, -0.15) is 0 Å². The van der Waals surface area contributed by atoms with Gasteiger partial charge in [0.1, 0.15) is 11.2 Å². The predicted molar refractivity (Wildman–Crippen MR) is 157 cm³/mol. The Morgan fingerprint density at radius 1 is 0.486 bits per heavy atom. The molecule has 0 N–H and O–H groups in total. The first kappa shape index (κ1) is 15.3. The van der Waals surface area contributed by atoms with Crippen molar-refractivity contribution in [3.63, 3.8) is 0 Å². The highest BCUT2D eigenvalue weighted by Crippen LogP contribution is 2.47. The van der Waals surface area contributed by atoms with Gasteiger partial charge in [0.2, 0.25) is 0 Å². The summed E-state index contributed by atoms with van der Waals surface area (Å²) in [6.45, 7) is 0. The van der Waals surface area contributed by atoms with E-state index in [-0.39, 0.29) is 40.5 Å². The van der Waals surface area contributed by atoms with E-state index in [0.717, 1.165) is 43.8 Å². The van der Waals surface area contributed by atoms with Crippen LogP contribution in [0.2, 0.25) is 0 Å². The van der Waals surface area contributed by atoms with Crippen molar-refractivity contribution in [2.75, 3.05) is 0 Å². The van der Waals surface area contributed by atoms with Crippen molar-refractivity contribution >= 4 is 54.3 Å². The Labute approximate surface area is 222 Å². The molecule has 1 heteroatoms. The van der Waals surface area contributed by atoms with E-state index in [2.05, 4.69) is 36.4 Å². The van der Waals surface area contributed by atoms with Crippen molar-refractivity contribution in [3.8, 4) is 22.3 Å². The highest BCUT2D eigenvalue weighted by Gasteiger charge is 2.20. The van der Waals surface area contributed by atoms with E-state index in [1.165, 1.54) is 0 Å². The Morgan fingerprint density at radius 3 is 1.76 bits per heavy atom. The maximum absolute atomic E-state index is 9.27. The third-order valence-electron chi connectivity index (χ3n) is 7.15. The van der Waals surface area contributed by atoms with E-state index in [9.17, 15) is 1.37 Å². The van der Waals surface area contributed by atoms with E-state index in [4.69, 9.17) is 11.3 Å². The summed E-state index contributed by atoms with van der Waals surface area (Å²) in [6.07, 6.45) is 0. The average Bonchev–Trinajstić information content (AvgIpc) is 3.44. The van der Waals surface area contributed by atoms with Crippen LogP contribution in [0.3, 0.4) is 0 Å². The van der Waals surface area contributed by atoms with Gasteiger partial charge in [0.25, 0.3) is 0 Å². The molecular weight excluding hydrogens is 448 g/mol. The fourth-order valence-corrected chi connectivity index (χ4v) is 5.64. The largest absolute Gasteiger partial charge is 0.456 e. The highest BCUT2D eigenvalue weighted by atomic mass is 16.3. The third-order valence-corrected chi connectivity index (χ3v) is 7.15. The summed E-state index contributed by atoms with van der Waals surface area (Å²) in [7, 11) is 0. The molecule has 7 aromatic carbocycles. The van der Waals surface area contributed by atoms with Gasteiger partial charge in [-0.05, 0) is 72.7 Å². The summed E-state index contributed by atoms with van der Waals surface area (Å²) in [6, 6.07) is 30.9. The summed E-state index contributed by atoms with van der Waals surface area (Å²) in [5.41, 5.74) is 4.68. The lowest BCUT2D eigenvalue weighted by molar-refractivity contribution is 0.669. The number of hydrogen-bond acceptors (Lipinski definition) is 1. The fraction of sp³-hybridized carbons (Fsp3) is 0. The summed E-state index contributed by atoms with van der Waals surface area (Å²) in [5, 5.41) is 5.26. The molecule has 0 radical (unpaired) electrons. The molecule has 1 nitrogen and oxygen atoms in total.